The Morgan fingerprint density at radius 3 is 2.69 bits per heavy atom. The van der Waals surface area contributed by atoms with E-state index in [4.69, 9.17) is 4.74 Å². The molecule has 0 bridgehead atoms. The second-order valence-corrected chi connectivity index (χ2v) is 3.65. The summed E-state index contributed by atoms with van der Waals surface area (Å²) in [7, 11) is 1.76. The van der Waals surface area contributed by atoms with Crippen LogP contribution in [0.25, 0.3) is 5.57 Å². The molecule has 0 heterocycles. The third kappa shape index (κ3) is 1.95. The number of halogens is 1. The van der Waals surface area contributed by atoms with Gasteiger partial charge in [0.2, 0.25) is 0 Å². The van der Waals surface area contributed by atoms with Crippen LogP contribution in [0, 0.1) is 6.08 Å². The van der Waals surface area contributed by atoms with Crippen molar-refractivity contribution in [1.29, 1.82) is 0 Å². The zero-order chi connectivity index (χ0) is 9.54. The van der Waals surface area contributed by atoms with Gasteiger partial charge in [0.05, 0.1) is 7.11 Å². The Balaban J connectivity index is 0.000000640. The molecule has 0 saturated carbocycles. The molecule has 0 amide bonds. The summed E-state index contributed by atoms with van der Waals surface area (Å²) in [4.78, 5) is 0. The number of rotatable bonds is 1. The number of hydrogen-bond acceptors (Lipinski definition) is 1. The van der Waals surface area contributed by atoms with E-state index in [1.54, 1.807) is 7.11 Å². The van der Waals surface area contributed by atoms with Gasteiger partial charge in [-0.25, -0.2) is 0 Å². The summed E-state index contributed by atoms with van der Waals surface area (Å²) in [5, 5.41) is 0. The molecule has 16 heavy (non-hydrogen) atoms. The van der Waals surface area contributed by atoms with Crippen LogP contribution in [0.4, 0.5) is 0 Å². The van der Waals surface area contributed by atoms with Crippen molar-refractivity contribution in [3.63, 3.8) is 0 Å². The van der Waals surface area contributed by atoms with Gasteiger partial charge in [0.15, 0.2) is 0 Å². The third-order valence-electron chi connectivity index (χ3n) is 2.91. The Morgan fingerprint density at radius 1 is 1.19 bits per heavy atom. The van der Waals surface area contributed by atoms with Gasteiger partial charge in [-0.1, -0.05) is 24.3 Å². The molecule has 0 saturated heterocycles. The smallest absolute Gasteiger partial charge is 1.00 e. The van der Waals surface area contributed by atoms with Crippen LogP contribution in [0.2, 0.25) is 0 Å². The average Bonchev–Trinajstić information content (AvgIpc) is 2.75. The van der Waals surface area contributed by atoms with Gasteiger partial charge in [0.25, 0.3) is 0 Å². The van der Waals surface area contributed by atoms with Crippen molar-refractivity contribution in [3.8, 4) is 0 Å². The van der Waals surface area contributed by atoms with Gasteiger partial charge in [0, 0.05) is 12.0 Å². The molecule has 0 atom stereocenters. The largest absolute Gasteiger partial charge is 1.00 e. The fraction of sp³-hybridized carbons (Fsp3) is 0.231. The number of benzene rings is 1. The molecule has 1 nitrogen and oxygen atoms in total. The molecule has 0 N–H and O–H groups in total. The Labute approximate surface area is 122 Å². The predicted molar refractivity (Wildman–Crippen MR) is 55.5 cm³/mol. The first-order valence-corrected chi connectivity index (χ1v) is 4.90. The van der Waals surface area contributed by atoms with Crippen LogP contribution in [0.5, 0.6) is 0 Å². The van der Waals surface area contributed by atoms with Gasteiger partial charge in [-0.15, -0.1) is 0 Å². The van der Waals surface area contributed by atoms with E-state index in [1.807, 2.05) is 0 Å². The van der Waals surface area contributed by atoms with Crippen LogP contribution >= 0.6 is 0 Å². The molecule has 0 aliphatic heterocycles. The molecule has 1 aromatic rings. The molecule has 3 rings (SSSR count). The van der Waals surface area contributed by atoms with Gasteiger partial charge < -0.3 is 17.1 Å². The van der Waals surface area contributed by atoms with Gasteiger partial charge in [-0.3, -0.25) is 0 Å². The molecular formula is C13H11ClHgO. The maximum atomic E-state index is 5.40. The molecule has 0 fully saturated rings. The van der Waals surface area contributed by atoms with Crippen molar-refractivity contribution >= 4 is 5.57 Å². The maximum absolute atomic E-state index is 5.40. The van der Waals surface area contributed by atoms with Crippen LogP contribution in [-0.2, 0) is 32.4 Å². The van der Waals surface area contributed by atoms with Crippen LogP contribution in [-0.4, -0.2) is 7.11 Å². The molecule has 2 aliphatic carbocycles. The summed E-state index contributed by atoms with van der Waals surface area (Å²) in [6.07, 6.45) is 5.55. The van der Waals surface area contributed by atoms with Gasteiger partial charge in [-0.05, 0) is 29.2 Å². The first-order valence-electron chi connectivity index (χ1n) is 4.90. The van der Waals surface area contributed by atoms with E-state index in [0.29, 0.717) is 0 Å². The second-order valence-electron chi connectivity index (χ2n) is 3.65. The molecule has 2 aliphatic rings. The van der Waals surface area contributed by atoms with E-state index in [9.17, 15) is 0 Å². The van der Waals surface area contributed by atoms with Crippen LogP contribution in [0.1, 0.15) is 24.0 Å². The number of methoxy groups -OCH3 is 1. The molecule has 2 radical (unpaired) electrons. The summed E-state index contributed by atoms with van der Waals surface area (Å²) in [5.74, 6) is 1.12. The minimum absolute atomic E-state index is 0. The van der Waals surface area contributed by atoms with Crippen molar-refractivity contribution in [2.45, 2.75) is 12.8 Å². The van der Waals surface area contributed by atoms with Crippen LogP contribution in [0.3, 0.4) is 0 Å². The van der Waals surface area contributed by atoms with Crippen LogP contribution in [0.15, 0.2) is 35.6 Å². The average molecular weight is 419 g/mol. The molecule has 0 spiro atoms. The van der Waals surface area contributed by atoms with E-state index < -0.39 is 0 Å². The van der Waals surface area contributed by atoms with E-state index in [-0.39, 0.29) is 40.1 Å². The number of fused-ring (bicyclic) bond motifs is 3. The molecule has 3 heteroatoms. The topological polar surface area (TPSA) is 9.23 Å². The van der Waals surface area contributed by atoms with Crippen molar-refractivity contribution in [2.24, 2.45) is 0 Å². The van der Waals surface area contributed by atoms with E-state index in [1.165, 1.54) is 22.3 Å². The quantitative estimate of drug-likeness (QED) is 0.580. The van der Waals surface area contributed by atoms with Crippen molar-refractivity contribution in [3.05, 3.63) is 52.8 Å². The normalized spacial score (nSPS) is 15.7. The minimum Gasteiger partial charge on any atom is -1.00 e. The Morgan fingerprint density at radius 2 is 1.94 bits per heavy atom. The van der Waals surface area contributed by atoms with E-state index >= 15 is 0 Å². The number of hydrogen-bond donors (Lipinski definition) is 0. The van der Waals surface area contributed by atoms with E-state index in [0.717, 1.165) is 18.6 Å². The molecule has 0 unspecified atom stereocenters. The van der Waals surface area contributed by atoms with Gasteiger partial charge in [-0.2, -0.15) is 0 Å². The standard InChI is InChI=1S/C13H11O.ClH.Hg/c1-14-12-7-6-10-8-9-4-2-3-5-11(9)13(10)12;;/h2-5H,6-7H2,1H3;1H;/q;;+1/p-1. The summed E-state index contributed by atoms with van der Waals surface area (Å²) in [6.45, 7) is 0. The first kappa shape index (κ1) is 13.8. The second kappa shape index (κ2) is 5.37. The minimum atomic E-state index is 0. The molecule has 1 aromatic carbocycles. The van der Waals surface area contributed by atoms with Crippen LogP contribution < -0.4 is 12.4 Å². The Kier molecular flexibility index (Phi) is 4.63. The predicted octanol–water partition coefficient (Wildman–Crippen LogP) is -0.0693. The SMILES string of the molecule is COC1=C2C(=[C]c3ccccc32)CC1.[Cl-].[Hg+]. The summed E-state index contributed by atoms with van der Waals surface area (Å²) in [5.41, 5.74) is 5.12. The fourth-order valence-corrected chi connectivity index (χ4v) is 2.27. The summed E-state index contributed by atoms with van der Waals surface area (Å²) >= 11 is 0. The molecule has 78 valence electrons. The Bertz CT molecular complexity index is 463. The fourth-order valence-electron chi connectivity index (χ4n) is 2.27. The summed E-state index contributed by atoms with van der Waals surface area (Å²) < 4.78 is 5.40. The monoisotopic (exact) mass is 420 g/mol. The zero-order valence-corrected chi connectivity index (χ0v) is 15.5. The summed E-state index contributed by atoms with van der Waals surface area (Å²) in [6, 6.07) is 8.39. The van der Waals surface area contributed by atoms with Crippen molar-refractivity contribution in [2.75, 3.05) is 7.11 Å². The van der Waals surface area contributed by atoms with E-state index in [2.05, 4.69) is 30.3 Å². The maximum Gasteiger partial charge on any atom is 1.00 e. The van der Waals surface area contributed by atoms with Crippen molar-refractivity contribution in [1.82, 2.24) is 0 Å². The Hall–Kier alpha value is -0.275. The van der Waals surface area contributed by atoms with Gasteiger partial charge >= 0.3 is 27.7 Å². The zero-order valence-electron chi connectivity index (χ0n) is 9.22. The molecule has 0 aromatic heterocycles. The van der Waals surface area contributed by atoms with Crippen molar-refractivity contribution < 1.29 is 44.8 Å². The molecular weight excluding hydrogens is 408 g/mol. The third-order valence-corrected chi connectivity index (χ3v) is 2.91. The van der Waals surface area contributed by atoms with Gasteiger partial charge in [0.1, 0.15) is 5.76 Å². The number of allylic oxidation sites excluding steroid dienone is 3. The first-order chi connectivity index (χ1) is 6.90. The number of ether oxygens (including phenoxy) is 1.